The average Bonchev–Trinajstić information content (AvgIpc) is 3.46. The van der Waals surface area contributed by atoms with Crippen molar-refractivity contribution in [2.45, 2.75) is 43.9 Å². The van der Waals surface area contributed by atoms with Gasteiger partial charge in [0.15, 0.2) is 0 Å². The Balaban J connectivity index is 1.46. The first-order valence-corrected chi connectivity index (χ1v) is 10.8. The summed E-state index contributed by atoms with van der Waals surface area (Å²) in [5.41, 5.74) is 2.96. The number of aromatic nitrogens is 2. The Morgan fingerprint density at radius 1 is 1.23 bits per heavy atom. The summed E-state index contributed by atoms with van der Waals surface area (Å²) >= 11 is 0. The first-order chi connectivity index (χ1) is 12.5. The summed E-state index contributed by atoms with van der Waals surface area (Å²) in [6.07, 6.45) is 3.19. The number of sulfonamides is 1. The van der Waals surface area contributed by atoms with E-state index in [1.807, 2.05) is 16.6 Å². The first-order valence-electron chi connectivity index (χ1n) is 9.35. The quantitative estimate of drug-likeness (QED) is 0.719. The standard InChI is InChI=1S/C17H26N4O4S/c1-19-16-6-7-21(26(23,24)13-2-3-13)12-14(16)15(18-19)4-5-17(22)20-8-10-25-11-9-20/h13H,2-12H2,1H3. The van der Waals surface area contributed by atoms with E-state index < -0.39 is 10.0 Å². The number of ether oxygens (including phenoxy) is 1. The Morgan fingerprint density at radius 2 is 1.96 bits per heavy atom. The SMILES string of the molecule is Cn1nc(CCC(=O)N2CCOCC2)c2c1CCN(S(=O)(=O)C1CC1)C2. The molecule has 0 unspecified atom stereocenters. The van der Waals surface area contributed by atoms with Gasteiger partial charge in [-0.2, -0.15) is 9.40 Å². The van der Waals surface area contributed by atoms with Crippen molar-refractivity contribution in [3.63, 3.8) is 0 Å². The molecular formula is C17H26N4O4S. The number of hydrogen-bond acceptors (Lipinski definition) is 5. The molecule has 0 N–H and O–H groups in total. The molecular weight excluding hydrogens is 356 g/mol. The molecule has 2 fully saturated rings. The van der Waals surface area contributed by atoms with Gasteiger partial charge in [-0.3, -0.25) is 9.48 Å². The van der Waals surface area contributed by atoms with E-state index in [9.17, 15) is 13.2 Å². The second kappa shape index (κ2) is 6.94. The van der Waals surface area contributed by atoms with Gasteiger partial charge in [-0.1, -0.05) is 0 Å². The summed E-state index contributed by atoms with van der Waals surface area (Å²) in [4.78, 5) is 14.2. The van der Waals surface area contributed by atoms with Crippen LogP contribution in [0, 0.1) is 0 Å². The van der Waals surface area contributed by atoms with E-state index in [0.29, 0.717) is 58.7 Å². The molecule has 1 aliphatic carbocycles. The van der Waals surface area contributed by atoms with Crippen LogP contribution < -0.4 is 0 Å². The lowest BCUT2D eigenvalue weighted by molar-refractivity contribution is -0.135. The highest BCUT2D eigenvalue weighted by atomic mass is 32.2. The Hall–Kier alpha value is -1.45. The van der Waals surface area contributed by atoms with Crippen LogP contribution in [0.5, 0.6) is 0 Å². The molecule has 3 aliphatic rings. The highest BCUT2D eigenvalue weighted by molar-refractivity contribution is 7.90. The molecule has 0 aromatic carbocycles. The van der Waals surface area contributed by atoms with Gasteiger partial charge in [-0.05, 0) is 12.8 Å². The molecule has 1 amide bonds. The molecule has 1 aromatic heterocycles. The number of morpholine rings is 1. The predicted octanol–water partition coefficient (Wildman–Crippen LogP) is 0.0618. The Kier molecular flexibility index (Phi) is 4.79. The zero-order valence-electron chi connectivity index (χ0n) is 15.2. The van der Waals surface area contributed by atoms with Crippen LogP contribution >= 0.6 is 0 Å². The summed E-state index contributed by atoms with van der Waals surface area (Å²) < 4.78 is 33.9. The fraction of sp³-hybridized carbons (Fsp3) is 0.765. The molecule has 9 heteroatoms. The van der Waals surface area contributed by atoms with Crippen LogP contribution in [-0.2, 0) is 46.0 Å². The smallest absolute Gasteiger partial charge is 0.223 e. The zero-order valence-corrected chi connectivity index (χ0v) is 16.0. The second-order valence-corrected chi connectivity index (χ2v) is 9.53. The van der Waals surface area contributed by atoms with Crippen molar-refractivity contribution in [3.8, 4) is 0 Å². The van der Waals surface area contributed by atoms with Crippen LogP contribution in [0.2, 0.25) is 0 Å². The molecule has 3 heterocycles. The minimum absolute atomic E-state index is 0.117. The Morgan fingerprint density at radius 3 is 2.65 bits per heavy atom. The van der Waals surface area contributed by atoms with Gasteiger partial charge in [-0.25, -0.2) is 8.42 Å². The van der Waals surface area contributed by atoms with Crippen molar-refractivity contribution in [2.75, 3.05) is 32.8 Å². The first kappa shape index (κ1) is 17.9. The molecule has 4 rings (SSSR count). The summed E-state index contributed by atoms with van der Waals surface area (Å²) in [6, 6.07) is 0. The van der Waals surface area contributed by atoms with Crippen LogP contribution in [0.4, 0.5) is 0 Å². The molecule has 1 saturated carbocycles. The van der Waals surface area contributed by atoms with Gasteiger partial charge in [0, 0.05) is 63.7 Å². The molecule has 2 aliphatic heterocycles. The molecule has 1 aromatic rings. The summed E-state index contributed by atoms with van der Waals surface area (Å²) in [5, 5.41) is 4.40. The number of carbonyl (C=O) groups excluding carboxylic acids is 1. The molecule has 0 atom stereocenters. The van der Waals surface area contributed by atoms with E-state index in [1.165, 1.54) is 0 Å². The van der Waals surface area contributed by atoms with Gasteiger partial charge in [0.2, 0.25) is 15.9 Å². The van der Waals surface area contributed by atoms with Gasteiger partial charge >= 0.3 is 0 Å². The molecule has 26 heavy (non-hydrogen) atoms. The third kappa shape index (κ3) is 3.39. The van der Waals surface area contributed by atoms with E-state index in [2.05, 4.69) is 5.10 Å². The minimum atomic E-state index is -3.18. The maximum Gasteiger partial charge on any atom is 0.223 e. The van der Waals surface area contributed by atoms with Gasteiger partial charge in [-0.15, -0.1) is 0 Å². The molecule has 0 spiro atoms. The summed E-state index contributed by atoms with van der Waals surface area (Å²) in [7, 11) is -1.28. The molecule has 1 saturated heterocycles. The maximum atomic E-state index is 12.6. The van der Waals surface area contributed by atoms with Gasteiger partial charge in [0.25, 0.3) is 0 Å². The molecule has 8 nitrogen and oxygen atoms in total. The van der Waals surface area contributed by atoms with Crippen molar-refractivity contribution >= 4 is 15.9 Å². The monoisotopic (exact) mass is 382 g/mol. The van der Waals surface area contributed by atoms with E-state index in [4.69, 9.17) is 4.74 Å². The maximum absolute atomic E-state index is 12.6. The second-order valence-electron chi connectivity index (χ2n) is 7.32. The van der Waals surface area contributed by atoms with Crippen molar-refractivity contribution in [3.05, 3.63) is 17.0 Å². The van der Waals surface area contributed by atoms with Crippen LogP contribution in [-0.4, -0.2) is 71.4 Å². The van der Waals surface area contributed by atoms with E-state index in [1.54, 1.807) is 4.31 Å². The zero-order chi connectivity index (χ0) is 18.3. The van der Waals surface area contributed by atoms with Crippen molar-refractivity contribution in [2.24, 2.45) is 7.05 Å². The fourth-order valence-corrected chi connectivity index (χ4v) is 5.64. The highest BCUT2D eigenvalue weighted by Gasteiger charge is 2.41. The lowest BCUT2D eigenvalue weighted by Gasteiger charge is -2.27. The van der Waals surface area contributed by atoms with Gasteiger partial charge < -0.3 is 9.64 Å². The van der Waals surface area contributed by atoms with Crippen LogP contribution in [0.3, 0.4) is 0 Å². The Bertz CT molecular complexity index is 794. The van der Waals surface area contributed by atoms with E-state index in [-0.39, 0.29) is 11.2 Å². The van der Waals surface area contributed by atoms with Gasteiger partial charge in [0.1, 0.15) is 0 Å². The topological polar surface area (TPSA) is 84.7 Å². The predicted molar refractivity (Wildman–Crippen MR) is 95.0 cm³/mol. The van der Waals surface area contributed by atoms with E-state index in [0.717, 1.165) is 29.8 Å². The van der Waals surface area contributed by atoms with E-state index >= 15 is 0 Å². The van der Waals surface area contributed by atoms with Crippen molar-refractivity contribution in [1.82, 2.24) is 19.0 Å². The number of carbonyl (C=O) groups is 1. The number of hydrogen-bond donors (Lipinski definition) is 0. The third-order valence-corrected chi connectivity index (χ3v) is 7.88. The number of fused-ring (bicyclic) bond motifs is 1. The third-order valence-electron chi connectivity index (χ3n) is 5.54. The highest BCUT2D eigenvalue weighted by Crippen LogP contribution is 2.34. The summed E-state index contributed by atoms with van der Waals surface area (Å²) in [6.45, 7) is 3.40. The Labute approximate surface area is 154 Å². The normalized spacial score (nSPS) is 21.7. The van der Waals surface area contributed by atoms with Gasteiger partial charge in [0.05, 0.1) is 24.2 Å². The average molecular weight is 382 g/mol. The molecule has 144 valence electrons. The lowest BCUT2D eigenvalue weighted by atomic mass is 10.0. The van der Waals surface area contributed by atoms with Crippen molar-refractivity contribution < 1.29 is 17.9 Å². The molecule has 0 bridgehead atoms. The largest absolute Gasteiger partial charge is 0.378 e. The minimum Gasteiger partial charge on any atom is -0.378 e. The fourth-order valence-electron chi connectivity index (χ4n) is 3.84. The summed E-state index contributed by atoms with van der Waals surface area (Å²) in [5.74, 6) is 0.117. The van der Waals surface area contributed by atoms with Crippen molar-refractivity contribution in [1.29, 1.82) is 0 Å². The van der Waals surface area contributed by atoms with Crippen LogP contribution in [0.1, 0.15) is 36.2 Å². The van der Waals surface area contributed by atoms with Crippen LogP contribution in [0.15, 0.2) is 0 Å². The lowest BCUT2D eigenvalue weighted by Crippen LogP contribution is -2.40. The number of nitrogens with zero attached hydrogens (tertiary/aromatic N) is 4. The number of aryl methyl sites for hydroxylation is 2. The number of rotatable bonds is 5. The molecule has 0 radical (unpaired) electrons. The van der Waals surface area contributed by atoms with Crippen LogP contribution in [0.25, 0.3) is 0 Å². The number of amides is 1.